The van der Waals surface area contributed by atoms with E-state index in [-0.39, 0.29) is 15.6 Å². The van der Waals surface area contributed by atoms with Gasteiger partial charge in [0.25, 0.3) is 10.0 Å². The third-order valence-electron chi connectivity index (χ3n) is 5.14. The van der Waals surface area contributed by atoms with Crippen LogP contribution in [0.2, 0.25) is 0 Å². The zero-order chi connectivity index (χ0) is 25.3. The lowest BCUT2D eigenvalue weighted by Crippen LogP contribution is -2.12. The molecule has 3 aromatic heterocycles. The molecule has 3 heterocycles. The molecule has 0 unspecified atom stereocenters. The van der Waals surface area contributed by atoms with Gasteiger partial charge in [0.2, 0.25) is 0 Å². The van der Waals surface area contributed by atoms with Crippen LogP contribution >= 0.6 is 11.3 Å². The number of ether oxygens (including phenoxy) is 3. The van der Waals surface area contributed by atoms with Crippen molar-refractivity contribution >= 4 is 38.0 Å². The monoisotopic (exact) mass is 527 g/mol. The van der Waals surface area contributed by atoms with Crippen LogP contribution in [0, 0.1) is 5.82 Å². The average Bonchev–Trinajstić information content (AvgIpc) is 3.58. The Morgan fingerprint density at radius 3 is 2.53 bits per heavy atom. The number of pyridine rings is 1. The lowest BCUT2D eigenvalue weighted by molar-refractivity contribution is 0.355. The van der Waals surface area contributed by atoms with Crippen LogP contribution in [0.5, 0.6) is 23.0 Å². The van der Waals surface area contributed by atoms with Crippen LogP contribution < -0.4 is 18.9 Å². The number of nitrogens with one attached hydrogen (secondary N) is 1. The van der Waals surface area contributed by atoms with Crippen LogP contribution in [0.4, 0.5) is 10.1 Å². The number of hydrogen-bond acceptors (Lipinski definition) is 9. The minimum absolute atomic E-state index is 0.00116. The average molecular weight is 528 g/mol. The lowest BCUT2D eigenvalue weighted by atomic mass is 10.2. The maximum Gasteiger partial charge on any atom is 0.271 e. The molecule has 0 fully saturated rings. The van der Waals surface area contributed by atoms with Crippen molar-refractivity contribution in [2.45, 2.75) is 4.21 Å². The topological polar surface area (TPSA) is 113 Å². The van der Waals surface area contributed by atoms with Crippen molar-refractivity contribution < 1.29 is 31.4 Å². The summed E-state index contributed by atoms with van der Waals surface area (Å²) in [6.45, 7) is 0. The van der Waals surface area contributed by atoms with Crippen molar-refractivity contribution in [3.8, 4) is 33.6 Å². The number of rotatable bonds is 8. The highest BCUT2D eigenvalue weighted by Gasteiger charge is 2.20. The Labute approximate surface area is 209 Å². The second kappa shape index (κ2) is 9.47. The van der Waals surface area contributed by atoms with Crippen LogP contribution in [-0.2, 0) is 10.0 Å². The van der Waals surface area contributed by atoms with Gasteiger partial charge < -0.3 is 18.6 Å². The number of anilines is 1. The fraction of sp³-hybridized carbons (Fsp3) is 0.0833. The number of hydrogen-bond donors (Lipinski definition) is 1. The molecule has 184 valence electrons. The molecular weight excluding hydrogens is 509 g/mol. The van der Waals surface area contributed by atoms with Crippen molar-refractivity contribution in [3.05, 3.63) is 73.1 Å². The van der Waals surface area contributed by atoms with E-state index in [1.54, 1.807) is 30.5 Å². The first-order chi connectivity index (χ1) is 17.4. The highest BCUT2D eigenvalue weighted by Crippen LogP contribution is 2.37. The molecule has 12 heteroatoms. The number of sulfonamides is 1. The number of nitrogens with zero attached hydrogens (tertiary/aromatic N) is 2. The molecule has 0 bridgehead atoms. The number of thiophene rings is 1. The maximum absolute atomic E-state index is 14.9. The SMILES string of the molecule is COc1cc2nccc(Oc3ccc(NS(=O)(=O)c4ccc(-c5cnco5)s4)c(F)c3)c2cc1OC. The van der Waals surface area contributed by atoms with Gasteiger partial charge in [-0.2, -0.15) is 0 Å². The second-order valence-electron chi connectivity index (χ2n) is 7.37. The van der Waals surface area contributed by atoms with Gasteiger partial charge in [0.1, 0.15) is 15.7 Å². The van der Waals surface area contributed by atoms with Crippen molar-refractivity contribution in [2.24, 2.45) is 0 Å². The van der Waals surface area contributed by atoms with Gasteiger partial charge in [-0.25, -0.2) is 17.8 Å². The number of oxazole rings is 1. The third kappa shape index (κ3) is 4.55. The Morgan fingerprint density at radius 2 is 1.81 bits per heavy atom. The number of halogens is 1. The van der Waals surface area contributed by atoms with Crippen molar-refractivity contribution in [1.29, 1.82) is 0 Å². The van der Waals surface area contributed by atoms with Gasteiger partial charge in [0, 0.05) is 23.7 Å². The first-order valence-corrected chi connectivity index (χ1v) is 12.7. The van der Waals surface area contributed by atoms with Gasteiger partial charge in [-0.15, -0.1) is 11.3 Å². The predicted molar refractivity (Wildman–Crippen MR) is 132 cm³/mol. The van der Waals surface area contributed by atoms with Gasteiger partial charge >= 0.3 is 0 Å². The summed E-state index contributed by atoms with van der Waals surface area (Å²) in [7, 11) is -0.990. The van der Waals surface area contributed by atoms with E-state index in [1.165, 1.54) is 45.0 Å². The molecule has 1 N–H and O–H groups in total. The molecule has 5 rings (SSSR count). The van der Waals surface area contributed by atoms with Crippen LogP contribution in [0.1, 0.15) is 0 Å². The van der Waals surface area contributed by atoms with Crippen LogP contribution in [0.25, 0.3) is 21.5 Å². The summed E-state index contributed by atoms with van der Waals surface area (Å²) >= 11 is 0.978. The third-order valence-corrected chi connectivity index (χ3v) is 8.10. The summed E-state index contributed by atoms with van der Waals surface area (Å²) in [5, 5.41) is 0.626. The summed E-state index contributed by atoms with van der Waals surface area (Å²) in [5.74, 6) is 1.21. The summed E-state index contributed by atoms with van der Waals surface area (Å²) < 4.78 is 64.5. The Kier molecular flexibility index (Phi) is 6.20. The molecule has 36 heavy (non-hydrogen) atoms. The summed E-state index contributed by atoms with van der Waals surface area (Å²) in [5.41, 5.74) is 0.374. The molecule has 2 aromatic carbocycles. The molecular formula is C24H18FN3O6S2. The first-order valence-electron chi connectivity index (χ1n) is 10.4. The van der Waals surface area contributed by atoms with E-state index >= 15 is 0 Å². The maximum atomic E-state index is 14.9. The zero-order valence-electron chi connectivity index (χ0n) is 18.9. The van der Waals surface area contributed by atoms with Crippen molar-refractivity contribution in [3.63, 3.8) is 0 Å². The van der Waals surface area contributed by atoms with Crippen LogP contribution in [0.15, 0.2) is 75.9 Å². The predicted octanol–water partition coefficient (Wildman–Crippen LogP) is 5.70. The minimum Gasteiger partial charge on any atom is -0.493 e. The Hall–Kier alpha value is -4.16. The quantitative estimate of drug-likeness (QED) is 0.273. The lowest BCUT2D eigenvalue weighted by Gasteiger charge is -2.13. The summed E-state index contributed by atoms with van der Waals surface area (Å²) in [4.78, 5) is 8.71. The van der Waals surface area contributed by atoms with Gasteiger partial charge in [0.15, 0.2) is 29.5 Å². The van der Waals surface area contributed by atoms with E-state index in [0.717, 1.165) is 17.4 Å². The summed E-state index contributed by atoms with van der Waals surface area (Å²) in [6, 6.07) is 11.9. The van der Waals surface area contributed by atoms with E-state index < -0.39 is 15.8 Å². The van der Waals surface area contributed by atoms with E-state index in [2.05, 4.69) is 14.7 Å². The molecule has 0 aliphatic heterocycles. The highest BCUT2D eigenvalue weighted by molar-refractivity contribution is 7.94. The number of aromatic nitrogens is 2. The highest BCUT2D eigenvalue weighted by atomic mass is 32.2. The first kappa shape index (κ1) is 23.6. The summed E-state index contributed by atoms with van der Waals surface area (Å²) in [6.07, 6.45) is 4.28. The minimum atomic E-state index is -4.03. The normalized spacial score (nSPS) is 11.4. The molecule has 9 nitrogen and oxygen atoms in total. The fourth-order valence-corrected chi connectivity index (χ4v) is 5.76. The Balaban J connectivity index is 1.39. The van der Waals surface area contributed by atoms with E-state index in [0.29, 0.717) is 38.8 Å². The van der Waals surface area contributed by atoms with Crippen molar-refractivity contribution in [1.82, 2.24) is 9.97 Å². The molecule has 5 aromatic rings. The number of benzene rings is 2. The molecule has 0 saturated heterocycles. The van der Waals surface area contributed by atoms with Crippen molar-refractivity contribution in [2.75, 3.05) is 18.9 Å². The molecule has 0 aliphatic rings. The van der Waals surface area contributed by atoms with Crippen LogP contribution in [-0.4, -0.2) is 32.6 Å². The molecule has 0 aliphatic carbocycles. The second-order valence-corrected chi connectivity index (χ2v) is 10.4. The van der Waals surface area contributed by atoms with E-state index in [4.69, 9.17) is 18.6 Å². The van der Waals surface area contributed by atoms with Gasteiger partial charge in [-0.1, -0.05) is 0 Å². The molecule has 0 spiro atoms. The van der Waals surface area contributed by atoms with E-state index in [9.17, 15) is 12.8 Å². The number of fused-ring (bicyclic) bond motifs is 1. The standard InChI is InChI=1S/C24H18FN3O6S2/c1-31-20-10-15-18(11-21(20)32-2)27-8-7-19(15)34-14-3-4-17(16(25)9-14)28-36(29,30)24-6-5-23(35-24)22-12-26-13-33-22/h3-13,28H,1-2H3. The molecule has 0 saturated carbocycles. The van der Waals surface area contributed by atoms with Gasteiger partial charge in [0.05, 0.1) is 36.5 Å². The Morgan fingerprint density at radius 1 is 1.00 bits per heavy atom. The molecule has 0 amide bonds. The van der Waals surface area contributed by atoms with E-state index in [1.807, 2.05) is 0 Å². The smallest absolute Gasteiger partial charge is 0.271 e. The largest absolute Gasteiger partial charge is 0.493 e. The zero-order valence-corrected chi connectivity index (χ0v) is 20.5. The molecule has 0 atom stereocenters. The van der Waals surface area contributed by atoms with Crippen LogP contribution in [0.3, 0.4) is 0 Å². The molecule has 0 radical (unpaired) electrons. The van der Waals surface area contributed by atoms with Gasteiger partial charge in [-0.05, 0) is 36.4 Å². The fourth-order valence-electron chi connectivity index (χ4n) is 3.44. The number of methoxy groups -OCH3 is 2. The Bertz CT molecular complexity index is 1650. The van der Waals surface area contributed by atoms with Gasteiger partial charge in [-0.3, -0.25) is 9.71 Å².